The number of amides is 1. The van der Waals surface area contributed by atoms with E-state index < -0.39 is 0 Å². The van der Waals surface area contributed by atoms with E-state index in [-0.39, 0.29) is 23.5 Å². The summed E-state index contributed by atoms with van der Waals surface area (Å²) in [7, 11) is 2.10. The smallest absolute Gasteiger partial charge is 0.254 e. The minimum atomic E-state index is 0.00536. The van der Waals surface area contributed by atoms with Crippen LogP contribution in [0.2, 0.25) is 0 Å². The third-order valence-electron chi connectivity index (χ3n) is 5.68. The Morgan fingerprint density at radius 1 is 1.12 bits per heavy atom. The molecule has 3 aliphatic rings. The second-order valence-corrected chi connectivity index (χ2v) is 7.83. The predicted octanol–water partition coefficient (Wildman–Crippen LogP) is 1.42. The summed E-state index contributed by atoms with van der Waals surface area (Å²) < 4.78 is 7.80. The van der Waals surface area contributed by atoms with Crippen LogP contribution in [0.1, 0.15) is 37.4 Å². The SMILES string of the molecule is Cc1cc(OC2CN(C(=O)C3CCN(C)CC3)C2)cc(=O)n1C1CC1. The molecular formula is C19H27N3O3. The van der Waals surface area contributed by atoms with E-state index in [0.29, 0.717) is 24.9 Å². The highest BCUT2D eigenvalue weighted by Gasteiger charge is 2.36. The normalized spacial score (nSPS) is 22.7. The van der Waals surface area contributed by atoms with Gasteiger partial charge in [0.05, 0.1) is 13.1 Å². The quantitative estimate of drug-likeness (QED) is 0.828. The average molecular weight is 345 g/mol. The Hall–Kier alpha value is -1.82. The maximum absolute atomic E-state index is 12.5. The predicted molar refractivity (Wildman–Crippen MR) is 94.9 cm³/mol. The lowest BCUT2D eigenvalue weighted by atomic mass is 9.94. The number of rotatable bonds is 4. The molecule has 0 N–H and O–H groups in total. The minimum absolute atomic E-state index is 0.00536. The zero-order valence-corrected chi connectivity index (χ0v) is 15.1. The van der Waals surface area contributed by atoms with E-state index in [0.717, 1.165) is 44.5 Å². The van der Waals surface area contributed by atoms with Crippen LogP contribution in [-0.4, -0.2) is 59.6 Å². The number of nitrogens with zero attached hydrogens (tertiary/aromatic N) is 3. The molecule has 2 saturated heterocycles. The molecule has 1 saturated carbocycles. The van der Waals surface area contributed by atoms with Crippen molar-refractivity contribution >= 4 is 5.91 Å². The van der Waals surface area contributed by atoms with Gasteiger partial charge in [-0.25, -0.2) is 0 Å². The number of likely N-dealkylation sites (tertiary alicyclic amines) is 2. The summed E-state index contributed by atoms with van der Waals surface area (Å²) in [4.78, 5) is 28.9. The molecular weight excluding hydrogens is 318 g/mol. The second kappa shape index (κ2) is 6.48. The molecule has 1 aromatic rings. The van der Waals surface area contributed by atoms with E-state index in [2.05, 4.69) is 11.9 Å². The summed E-state index contributed by atoms with van der Waals surface area (Å²) in [5.41, 5.74) is 0.986. The maximum Gasteiger partial charge on any atom is 0.254 e. The molecule has 25 heavy (non-hydrogen) atoms. The molecule has 3 fully saturated rings. The van der Waals surface area contributed by atoms with Crippen molar-refractivity contribution in [3.8, 4) is 5.75 Å². The van der Waals surface area contributed by atoms with Gasteiger partial charge in [-0.05, 0) is 58.8 Å². The van der Waals surface area contributed by atoms with Crippen molar-refractivity contribution in [2.24, 2.45) is 5.92 Å². The van der Waals surface area contributed by atoms with Crippen LogP contribution < -0.4 is 10.3 Å². The molecule has 0 bridgehead atoms. The molecule has 0 radical (unpaired) electrons. The molecule has 0 spiro atoms. The fourth-order valence-corrected chi connectivity index (χ4v) is 3.95. The number of piperidine rings is 1. The number of hydrogen-bond donors (Lipinski definition) is 0. The van der Waals surface area contributed by atoms with Gasteiger partial charge in [0, 0.05) is 23.7 Å². The Kier molecular flexibility index (Phi) is 4.31. The summed E-state index contributed by atoms with van der Waals surface area (Å²) in [6.45, 7) is 5.23. The van der Waals surface area contributed by atoms with Crippen LogP contribution >= 0.6 is 0 Å². The van der Waals surface area contributed by atoms with Crippen LogP contribution in [0.3, 0.4) is 0 Å². The molecule has 136 valence electrons. The zero-order valence-electron chi connectivity index (χ0n) is 15.1. The topological polar surface area (TPSA) is 54.8 Å². The van der Waals surface area contributed by atoms with Gasteiger partial charge in [-0.2, -0.15) is 0 Å². The number of ether oxygens (including phenoxy) is 1. The fraction of sp³-hybridized carbons (Fsp3) is 0.684. The minimum Gasteiger partial charge on any atom is -0.486 e. The van der Waals surface area contributed by atoms with Crippen LogP contribution in [0, 0.1) is 12.8 Å². The van der Waals surface area contributed by atoms with Crippen molar-refractivity contribution in [1.82, 2.24) is 14.4 Å². The Morgan fingerprint density at radius 3 is 2.40 bits per heavy atom. The van der Waals surface area contributed by atoms with Crippen LogP contribution in [0.15, 0.2) is 16.9 Å². The first-order valence-corrected chi connectivity index (χ1v) is 9.38. The van der Waals surface area contributed by atoms with Crippen LogP contribution in [0.5, 0.6) is 5.75 Å². The molecule has 2 aliphatic heterocycles. The van der Waals surface area contributed by atoms with E-state index in [1.807, 2.05) is 22.5 Å². The molecule has 1 aliphatic carbocycles. The summed E-state index contributed by atoms with van der Waals surface area (Å²) in [5.74, 6) is 1.07. The lowest BCUT2D eigenvalue weighted by molar-refractivity contribution is -0.145. The lowest BCUT2D eigenvalue weighted by Crippen LogP contribution is -2.58. The highest BCUT2D eigenvalue weighted by Crippen LogP contribution is 2.35. The van der Waals surface area contributed by atoms with Gasteiger partial charge in [-0.3, -0.25) is 9.59 Å². The molecule has 1 aromatic heterocycles. The van der Waals surface area contributed by atoms with Gasteiger partial charge in [0.25, 0.3) is 5.56 Å². The number of carbonyl (C=O) groups excluding carboxylic acids is 1. The first-order chi connectivity index (χ1) is 12.0. The van der Waals surface area contributed by atoms with Gasteiger partial charge in [-0.1, -0.05) is 0 Å². The third kappa shape index (κ3) is 3.45. The lowest BCUT2D eigenvalue weighted by Gasteiger charge is -2.42. The van der Waals surface area contributed by atoms with Crippen LogP contribution in [-0.2, 0) is 4.79 Å². The summed E-state index contributed by atoms with van der Waals surface area (Å²) in [6, 6.07) is 3.92. The molecule has 1 amide bonds. The standard InChI is InChI=1S/C19H27N3O3/c1-13-9-16(10-18(23)22(13)15-3-4-15)25-17-11-21(12-17)19(24)14-5-7-20(2)8-6-14/h9-10,14-15,17H,3-8,11-12H2,1-2H3. The second-order valence-electron chi connectivity index (χ2n) is 7.83. The highest BCUT2D eigenvalue weighted by atomic mass is 16.5. The fourth-order valence-electron chi connectivity index (χ4n) is 3.95. The first kappa shape index (κ1) is 16.6. The van der Waals surface area contributed by atoms with E-state index in [4.69, 9.17) is 4.74 Å². The van der Waals surface area contributed by atoms with E-state index in [1.165, 1.54) is 0 Å². The summed E-state index contributed by atoms with van der Waals surface area (Å²) in [6.07, 6.45) is 4.10. The molecule has 0 atom stereocenters. The monoisotopic (exact) mass is 345 g/mol. The molecule has 3 heterocycles. The first-order valence-electron chi connectivity index (χ1n) is 9.38. The zero-order chi connectivity index (χ0) is 17.6. The van der Waals surface area contributed by atoms with Gasteiger partial charge in [0.1, 0.15) is 11.9 Å². The van der Waals surface area contributed by atoms with Crippen LogP contribution in [0.4, 0.5) is 0 Å². The summed E-state index contributed by atoms with van der Waals surface area (Å²) in [5, 5.41) is 0. The number of carbonyl (C=O) groups is 1. The Bertz CT molecular complexity index is 711. The Labute approximate surface area is 148 Å². The van der Waals surface area contributed by atoms with Crippen molar-refractivity contribution in [2.75, 3.05) is 33.2 Å². The largest absolute Gasteiger partial charge is 0.486 e. The van der Waals surface area contributed by atoms with Crippen molar-refractivity contribution in [3.63, 3.8) is 0 Å². The van der Waals surface area contributed by atoms with Gasteiger partial charge >= 0.3 is 0 Å². The molecule has 6 nitrogen and oxygen atoms in total. The van der Waals surface area contributed by atoms with E-state index in [1.54, 1.807) is 6.07 Å². The van der Waals surface area contributed by atoms with E-state index >= 15 is 0 Å². The maximum atomic E-state index is 12.5. The number of pyridine rings is 1. The Balaban J connectivity index is 1.31. The molecule has 4 rings (SSSR count). The Morgan fingerprint density at radius 2 is 1.80 bits per heavy atom. The van der Waals surface area contributed by atoms with Gasteiger partial charge in [-0.15, -0.1) is 0 Å². The molecule has 6 heteroatoms. The molecule has 0 unspecified atom stereocenters. The van der Waals surface area contributed by atoms with Gasteiger partial charge in [0.15, 0.2) is 0 Å². The number of aryl methyl sites for hydroxylation is 1. The van der Waals surface area contributed by atoms with Gasteiger partial charge in [0.2, 0.25) is 5.91 Å². The highest BCUT2D eigenvalue weighted by molar-refractivity contribution is 5.79. The molecule has 0 aromatic carbocycles. The van der Waals surface area contributed by atoms with E-state index in [9.17, 15) is 9.59 Å². The summed E-state index contributed by atoms with van der Waals surface area (Å²) >= 11 is 0. The number of hydrogen-bond acceptors (Lipinski definition) is 4. The number of aromatic nitrogens is 1. The van der Waals surface area contributed by atoms with Crippen molar-refractivity contribution in [1.29, 1.82) is 0 Å². The van der Waals surface area contributed by atoms with Crippen molar-refractivity contribution in [2.45, 2.75) is 44.8 Å². The van der Waals surface area contributed by atoms with Crippen LogP contribution in [0.25, 0.3) is 0 Å². The van der Waals surface area contributed by atoms with Crippen molar-refractivity contribution in [3.05, 3.63) is 28.2 Å². The van der Waals surface area contributed by atoms with Crippen molar-refractivity contribution < 1.29 is 9.53 Å². The third-order valence-corrected chi connectivity index (χ3v) is 5.68. The average Bonchev–Trinajstić information content (AvgIpc) is 3.35. The van der Waals surface area contributed by atoms with Gasteiger partial charge < -0.3 is 19.1 Å².